The highest BCUT2D eigenvalue weighted by Crippen LogP contribution is 2.28. The van der Waals surface area contributed by atoms with Crippen molar-refractivity contribution < 1.29 is 9.15 Å². The number of ether oxygens (including phenoxy) is 1. The number of furan rings is 1. The minimum Gasteiger partial charge on any atom is -0.494 e. The van der Waals surface area contributed by atoms with Crippen LogP contribution in [0, 0.1) is 0 Å². The first-order chi connectivity index (χ1) is 8.85. The fourth-order valence-corrected chi connectivity index (χ4v) is 2.10. The topological polar surface area (TPSA) is 48.4 Å². The molecule has 0 amide bonds. The maximum absolute atomic E-state index is 5.89. The Bertz CT molecular complexity index is 465. The van der Waals surface area contributed by atoms with E-state index < -0.39 is 0 Å². The zero-order valence-electron chi connectivity index (χ0n) is 10.6. The number of hydrogen-bond acceptors (Lipinski definition) is 3. The Labute approximate surface area is 108 Å². The van der Waals surface area contributed by atoms with Gasteiger partial charge in [-0.15, -0.1) is 0 Å². The SMILES string of the molecule is CCOc1ccccc1C(CN)Cc1ccco1. The third kappa shape index (κ3) is 2.93. The molecular formula is C15H19NO2. The lowest BCUT2D eigenvalue weighted by Gasteiger charge is -2.17. The van der Waals surface area contributed by atoms with Gasteiger partial charge in [0.25, 0.3) is 0 Å². The van der Waals surface area contributed by atoms with Crippen LogP contribution >= 0.6 is 0 Å². The van der Waals surface area contributed by atoms with Gasteiger partial charge in [0.15, 0.2) is 0 Å². The molecule has 0 aliphatic heterocycles. The Morgan fingerprint density at radius 2 is 2.06 bits per heavy atom. The predicted octanol–water partition coefficient (Wildman–Crippen LogP) is 2.96. The van der Waals surface area contributed by atoms with Gasteiger partial charge >= 0.3 is 0 Å². The van der Waals surface area contributed by atoms with Gasteiger partial charge in [-0.3, -0.25) is 0 Å². The highest BCUT2D eigenvalue weighted by atomic mass is 16.5. The molecule has 0 fully saturated rings. The van der Waals surface area contributed by atoms with Gasteiger partial charge < -0.3 is 14.9 Å². The van der Waals surface area contributed by atoms with Crippen molar-refractivity contribution in [3.8, 4) is 5.75 Å². The second kappa shape index (κ2) is 6.26. The first kappa shape index (κ1) is 12.7. The summed E-state index contributed by atoms with van der Waals surface area (Å²) < 4.78 is 11.0. The highest BCUT2D eigenvalue weighted by molar-refractivity contribution is 5.37. The summed E-state index contributed by atoms with van der Waals surface area (Å²) in [5.74, 6) is 2.10. The molecule has 1 aromatic carbocycles. The zero-order chi connectivity index (χ0) is 12.8. The summed E-state index contributed by atoms with van der Waals surface area (Å²) in [6, 6.07) is 11.9. The van der Waals surface area contributed by atoms with E-state index in [1.807, 2.05) is 37.3 Å². The third-order valence-corrected chi connectivity index (χ3v) is 2.97. The van der Waals surface area contributed by atoms with Gasteiger partial charge in [0.05, 0.1) is 12.9 Å². The first-order valence-corrected chi connectivity index (χ1v) is 6.29. The smallest absolute Gasteiger partial charge is 0.122 e. The lowest BCUT2D eigenvalue weighted by Crippen LogP contribution is -2.16. The summed E-state index contributed by atoms with van der Waals surface area (Å²) >= 11 is 0. The van der Waals surface area contributed by atoms with Gasteiger partial charge in [-0.25, -0.2) is 0 Å². The molecule has 96 valence electrons. The molecule has 0 aliphatic carbocycles. The molecule has 1 heterocycles. The van der Waals surface area contributed by atoms with Crippen LogP contribution in [0.3, 0.4) is 0 Å². The minimum absolute atomic E-state index is 0.221. The molecular weight excluding hydrogens is 226 g/mol. The molecule has 0 spiro atoms. The zero-order valence-corrected chi connectivity index (χ0v) is 10.6. The summed E-state index contributed by atoms with van der Waals surface area (Å²) in [4.78, 5) is 0. The average molecular weight is 245 g/mol. The van der Waals surface area contributed by atoms with Gasteiger partial charge in [0, 0.05) is 12.3 Å². The summed E-state index contributed by atoms with van der Waals surface area (Å²) in [5, 5.41) is 0. The van der Waals surface area contributed by atoms with E-state index in [0.717, 1.165) is 23.5 Å². The second-order valence-electron chi connectivity index (χ2n) is 4.19. The number of benzene rings is 1. The van der Waals surface area contributed by atoms with Gasteiger partial charge in [0.1, 0.15) is 11.5 Å². The van der Waals surface area contributed by atoms with Crippen LogP contribution in [0.1, 0.15) is 24.2 Å². The van der Waals surface area contributed by atoms with Crippen molar-refractivity contribution in [3.05, 3.63) is 54.0 Å². The van der Waals surface area contributed by atoms with Crippen LogP contribution in [0.15, 0.2) is 47.1 Å². The number of hydrogen-bond donors (Lipinski definition) is 1. The Hall–Kier alpha value is -1.74. The molecule has 2 N–H and O–H groups in total. The van der Waals surface area contributed by atoms with Crippen molar-refractivity contribution in [3.63, 3.8) is 0 Å². The molecule has 1 atom stereocenters. The van der Waals surface area contributed by atoms with Crippen LogP contribution in [-0.2, 0) is 6.42 Å². The summed E-state index contributed by atoms with van der Waals surface area (Å²) in [6.07, 6.45) is 2.49. The summed E-state index contributed by atoms with van der Waals surface area (Å²) in [7, 11) is 0. The molecule has 18 heavy (non-hydrogen) atoms. The lowest BCUT2D eigenvalue weighted by molar-refractivity contribution is 0.333. The maximum atomic E-state index is 5.89. The molecule has 3 heteroatoms. The largest absolute Gasteiger partial charge is 0.494 e. The molecule has 1 unspecified atom stereocenters. The number of nitrogens with two attached hydrogens (primary N) is 1. The quantitative estimate of drug-likeness (QED) is 0.851. The molecule has 2 aromatic rings. The first-order valence-electron chi connectivity index (χ1n) is 6.29. The standard InChI is InChI=1S/C15H19NO2/c1-2-17-15-8-4-3-7-14(15)12(11-16)10-13-6-5-9-18-13/h3-9,12H,2,10-11,16H2,1H3. The van der Waals surface area contributed by atoms with Crippen molar-refractivity contribution in [1.82, 2.24) is 0 Å². The van der Waals surface area contributed by atoms with E-state index in [-0.39, 0.29) is 5.92 Å². The van der Waals surface area contributed by atoms with Crippen LogP contribution in [0.5, 0.6) is 5.75 Å². The van der Waals surface area contributed by atoms with Crippen molar-refractivity contribution in [2.45, 2.75) is 19.3 Å². The van der Waals surface area contributed by atoms with Crippen molar-refractivity contribution in [2.24, 2.45) is 5.73 Å². The Morgan fingerprint density at radius 1 is 1.22 bits per heavy atom. The molecule has 3 nitrogen and oxygen atoms in total. The van der Waals surface area contributed by atoms with Crippen molar-refractivity contribution in [1.29, 1.82) is 0 Å². The van der Waals surface area contributed by atoms with E-state index in [0.29, 0.717) is 13.2 Å². The Balaban J connectivity index is 2.21. The fraction of sp³-hybridized carbons (Fsp3) is 0.333. The molecule has 0 bridgehead atoms. The van der Waals surface area contributed by atoms with Crippen molar-refractivity contribution >= 4 is 0 Å². The molecule has 0 saturated carbocycles. The van der Waals surface area contributed by atoms with E-state index >= 15 is 0 Å². The maximum Gasteiger partial charge on any atom is 0.122 e. The Kier molecular flexibility index (Phi) is 4.42. The molecule has 0 saturated heterocycles. The molecule has 1 aromatic heterocycles. The summed E-state index contributed by atoms with van der Waals surface area (Å²) in [5.41, 5.74) is 7.04. The van der Waals surface area contributed by atoms with E-state index in [1.165, 1.54) is 0 Å². The van der Waals surface area contributed by atoms with Gasteiger partial charge in [0.2, 0.25) is 0 Å². The fourth-order valence-electron chi connectivity index (χ4n) is 2.10. The number of para-hydroxylation sites is 1. The Morgan fingerprint density at radius 3 is 2.72 bits per heavy atom. The van der Waals surface area contributed by atoms with E-state index in [1.54, 1.807) is 6.26 Å². The van der Waals surface area contributed by atoms with Crippen LogP contribution in [0.2, 0.25) is 0 Å². The van der Waals surface area contributed by atoms with E-state index in [9.17, 15) is 0 Å². The summed E-state index contributed by atoms with van der Waals surface area (Å²) in [6.45, 7) is 3.22. The normalized spacial score (nSPS) is 12.3. The lowest BCUT2D eigenvalue weighted by atomic mass is 9.94. The van der Waals surface area contributed by atoms with Crippen LogP contribution in [0.4, 0.5) is 0 Å². The number of rotatable bonds is 6. The molecule has 0 radical (unpaired) electrons. The monoisotopic (exact) mass is 245 g/mol. The minimum atomic E-state index is 0.221. The molecule has 0 aliphatic rings. The second-order valence-corrected chi connectivity index (χ2v) is 4.19. The van der Waals surface area contributed by atoms with Crippen LogP contribution < -0.4 is 10.5 Å². The van der Waals surface area contributed by atoms with Gasteiger partial charge in [-0.1, -0.05) is 18.2 Å². The van der Waals surface area contributed by atoms with Gasteiger partial charge in [-0.05, 0) is 37.2 Å². The van der Waals surface area contributed by atoms with Crippen LogP contribution in [-0.4, -0.2) is 13.2 Å². The van der Waals surface area contributed by atoms with Gasteiger partial charge in [-0.2, -0.15) is 0 Å². The predicted molar refractivity (Wildman–Crippen MR) is 71.8 cm³/mol. The molecule has 2 rings (SSSR count). The average Bonchev–Trinajstić information content (AvgIpc) is 2.90. The third-order valence-electron chi connectivity index (χ3n) is 2.97. The van der Waals surface area contributed by atoms with Crippen LogP contribution in [0.25, 0.3) is 0 Å². The highest BCUT2D eigenvalue weighted by Gasteiger charge is 2.16. The van der Waals surface area contributed by atoms with E-state index in [4.69, 9.17) is 14.9 Å². The van der Waals surface area contributed by atoms with E-state index in [2.05, 4.69) is 6.07 Å². The van der Waals surface area contributed by atoms with Crippen molar-refractivity contribution in [2.75, 3.05) is 13.2 Å².